The Morgan fingerprint density at radius 1 is 1.06 bits per heavy atom. The van der Waals surface area contributed by atoms with Gasteiger partial charge >= 0.3 is 0 Å². The molecule has 36 heavy (non-hydrogen) atoms. The van der Waals surface area contributed by atoms with Crippen LogP contribution in [0.3, 0.4) is 0 Å². The van der Waals surface area contributed by atoms with Crippen LogP contribution in [0.4, 0.5) is 5.69 Å². The molecule has 0 bridgehead atoms. The molecule has 0 N–H and O–H groups in total. The van der Waals surface area contributed by atoms with Gasteiger partial charge in [0.2, 0.25) is 4.80 Å². The fraction of sp³-hybridized carbons (Fsp3) is 0.115. The quantitative estimate of drug-likeness (QED) is 0.243. The van der Waals surface area contributed by atoms with E-state index in [-0.39, 0.29) is 5.56 Å². The van der Waals surface area contributed by atoms with Crippen molar-refractivity contribution in [3.8, 4) is 16.9 Å². The third kappa shape index (κ3) is 4.39. The summed E-state index contributed by atoms with van der Waals surface area (Å²) < 4.78 is 10.6. The number of rotatable bonds is 5. The Morgan fingerprint density at radius 3 is 2.56 bits per heavy atom. The van der Waals surface area contributed by atoms with Crippen molar-refractivity contribution < 1.29 is 4.42 Å². The van der Waals surface area contributed by atoms with E-state index < -0.39 is 0 Å². The minimum atomic E-state index is -0.227. The molecule has 5 rings (SSSR count). The van der Waals surface area contributed by atoms with Crippen LogP contribution in [0.2, 0.25) is 10.0 Å². The summed E-state index contributed by atoms with van der Waals surface area (Å²) in [6.45, 7) is 3.70. The summed E-state index contributed by atoms with van der Waals surface area (Å²) in [6, 6.07) is 18.3. The maximum absolute atomic E-state index is 13.5. The number of furan rings is 1. The molecule has 10 heteroatoms. The molecule has 3 aromatic heterocycles. The minimum Gasteiger partial charge on any atom is -0.463 e. The summed E-state index contributed by atoms with van der Waals surface area (Å²) in [7, 11) is 1.83. The first-order chi connectivity index (χ1) is 17.3. The lowest BCUT2D eigenvalue weighted by Gasteiger charge is -2.07. The zero-order chi connectivity index (χ0) is 25.4. The van der Waals surface area contributed by atoms with Gasteiger partial charge in [-0.2, -0.15) is 5.10 Å². The largest absolute Gasteiger partial charge is 0.463 e. The van der Waals surface area contributed by atoms with Crippen molar-refractivity contribution in [2.45, 2.75) is 13.8 Å². The highest BCUT2D eigenvalue weighted by molar-refractivity contribution is 7.07. The highest BCUT2D eigenvalue weighted by Crippen LogP contribution is 2.31. The fourth-order valence-electron chi connectivity index (χ4n) is 3.82. The summed E-state index contributed by atoms with van der Waals surface area (Å²) >= 11 is 14.2. The molecule has 0 radical (unpaired) electrons. The highest BCUT2D eigenvalue weighted by Gasteiger charge is 2.18. The Morgan fingerprint density at radius 2 is 1.83 bits per heavy atom. The van der Waals surface area contributed by atoms with E-state index >= 15 is 0 Å². The normalized spacial score (nSPS) is 12.5. The number of thiazole rings is 1. The molecule has 0 unspecified atom stereocenters. The van der Waals surface area contributed by atoms with Crippen molar-refractivity contribution in [1.82, 2.24) is 14.0 Å². The van der Waals surface area contributed by atoms with Gasteiger partial charge in [0.15, 0.2) is 5.69 Å². The molecule has 7 nitrogen and oxygen atoms in total. The van der Waals surface area contributed by atoms with Gasteiger partial charge in [0.05, 0.1) is 28.4 Å². The Balaban J connectivity index is 1.76. The Labute approximate surface area is 220 Å². The van der Waals surface area contributed by atoms with E-state index in [2.05, 4.69) is 0 Å². The van der Waals surface area contributed by atoms with Crippen molar-refractivity contribution in [2.24, 2.45) is 17.1 Å². The minimum absolute atomic E-state index is 0.227. The maximum atomic E-state index is 13.5. The Kier molecular flexibility index (Phi) is 6.57. The monoisotopic (exact) mass is 537 g/mol. The standard InChI is InChI=1S/C26H21Cl2N5O2S/c1-16(23-10-7-13-35-23)30-32-22(20-14-18(27)11-12-21(20)28)15-36-26(32)29-24-17(2)31(3)33(25(24)34)19-8-5-4-6-9-19/h4-15H,1-3H3. The average Bonchev–Trinajstić information content (AvgIpc) is 3.59. The molecule has 0 saturated carbocycles. The van der Waals surface area contributed by atoms with Crippen LogP contribution in [-0.4, -0.2) is 19.8 Å². The topological polar surface area (TPSA) is 69.7 Å². The third-order valence-corrected chi connectivity index (χ3v) is 7.13. The molecule has 5 aromatic rings. The van der Waals surface area contributed by atoms with E-state index in [1.165, 1.54) is 11.3 Å². The average molecular weight is 538 g/mol. The zero-order valence-corrected chi connectivity index (χ0v) is 22.0. The first-order valence-electron chi connectivity index (χ1n) is 11.0. The van der Waals surface area contributed by atoms with E-state index in [9.17, 15) is 4.79 Å². The van der Waals surface area contributed by atoms with Crippen LogP contribution >= 0.6 is 34.5 Å². The molecule has 2 aromatic carbocycles. The van der Waals surface area contributed by atoms with E-state index in [4.69, 9.17) is 37.7 Å². The van der Waals surface area contributed by atoms with Gasteiger partial charge in [0.25, 0.3) is 5.56 Å². The van der Waals surface area contributed by atoms with Crippen LogP contribution in [0.25, 0.3) is 16.9 Å². The molecule has 0 spiro atoms. The molecule has 0 aliphatic heterocycles. The maximum Gasteiger partial charge on any atom is 0.297 e. The van der Waals surface area contributed by atoms with Crippen LogP contribution in [0.1, 0.15) is 18.4 Å². The second kappa shape index (κ2) is 9.81. The smallest absolute Gasteiger partial charge is 0.297 e. The molecular weight excluding hydrogens is 517 g/mol. The number of para-hydroxylation sites is 1. The third-order valence-electron chi connectivity index (χ3n) is 5.75. The highest BCUT2D eigenvalue weighted by atomic mass is 35.5. The molecule has 3 heterocycles. The SMILES string of the molecule is CC(=Nn1c(-c2cc(Cl)ccc2Cl)csc1=Nc1c(C)n(C)n(-c2ccccc2)c1=O)c1ccco1. The molecule has 0 aliphatic carbocycles. The van der Waals surface area contributed by atoms with Gasteiger partial charge in [-0.3, -0.25) is 9.48 Å². The molecule has 0 amide bonds. The predicted molar refractivity (Wildman–Crippen MR) is 145 cm³/mol. The van der Waals surface area contributed by atoms with Crippen LogP contribution < -0.4 is 10.4 Å². The predicted octanol–water partition coefficient (Wildman–Crippen LogP) is 6.42. The second-order valence-corrected chi connectivity index (χ2v) is 9.70. The summed E-state index contributed by atoms with van der Waals surface area (Å²) in [5.74, 6) is 0.616. The van der Waals surface area contributed by atoms with Crippen molar-refractivity contribution in [3.05, 3.63) is 109 Å². The lowest BCUT2D eigenvalue weighted by molar-refractivity contribution is 0.556. The first kappa shape index (κ1) is 24.1. The zero-order valence-electron chi connectivity index (χ0n) is 19.6. The van der Waals surface area contributed by atoms with E-state index in [0.29, 0.717) is 43.3 Å². The van der Waals surface area contributed by atoms with Gasteiger partial charge < -0.3 is 4.42 Å². The van der Waals surface area contributed by atoms with E-state index in [1.54, 1.807) is 44.6 Å². The summed E-state index contributed by atoms with van der Waals surface area (Å²) in [5, 5.41) is 7.75. The molecular formula is C26H21Cl2N5O2S. The molecule has 182 valence electrons. The van der Waals surface area contributed by atoms with Crippen LogP contribution in [0, 0.1) is 6.92 Å². The molecule has 0 atom stereocenters. The van der Waals surface area contributed by atoms with Gasteiger partial charge in [0, 0.05) is 23.0 Å². The summed E-state index contributed by atoms with van der Waals surface area (Å²) in [6.07, 6.45) is 1.59. The fourth-order valence-corrected chi connectivity index (χ4v) is 5.03. The van der Waals surface area contributed by atoms with Crippen molar-refractivity contribution in [1.29, 1.82) is 0 Å². The Hall–Kier alpha value is -3.59. The summed E-state index contributed by atoms with van der Waals surface area (Å²) in [5.41, 5.74) is 3.59. The molecule has 0 aliphatic rings. The van der Waals surface area contributed by atoms with Crippen LogP contribution in [0.15, 0.2) is 91.6 Å². The lowest BCUT2D eigenvalue weighted by Crippen LogP contribution is -2.20. The summed E-state index contributed by atoms with van der Waals surface area (Å²) in [4.78, 5) is 18.8. The lowest BCUT2D eigenvalue weighted by atomic mass is 10.2. The van der Waals surface area contributed by atoms with Gasteiger partial charge in [-0.25, -0.2) is 14.4 Å². The molecule has 0 fully saturated rings. The first-order valence-corrected chi connectivity index (χ1v) is 12.6. The van der Waals surface area contributed by atoms with Crippen LogP contribution in [-0.2, 0) is 7.05 Å². The van der Waals surface area contributed by atoms with Gasteiger partial charge in [-0.1, -0.05) is 41.4 Å². The number of benzene rings is 2. The number of nitrogens with zero attached hydrogens (tertiary/aromatic N) is 5. The number of hydrogen-bond acceptors (Lipinski definition) is 5. The van der Waals surface area contributed by atoms with Crippen LogP contribution in [0.5, 0.6) is 0 Å². The van der Waals surface area contributed by atoms with Gasteiger partial charge in [-0.15, -0.1) is 11.3 Å². The number of halogens is 2. The Bertz CT molecular complexity index is 1710. The van der Waals surface area contributed by atoms with Crippen molar-refractivity contribution in [3.63, 3.8) is 0 Å². The van der Waals surface area contributed by atoms with Gasteiger partial charge in [0.1, 0.15) is 11.5 Å². The van der Waals surface area contributed by atoms with E-state index in [1.807, 2.05) is 62.7 Å². The van der Waals surface area contributed by atoms with Gasteiger partial charge in [-0.05, 0) is 56.3 Å². The number of aromatic nitrogens is 3. The van der Waals surface area contributed by atoms with Crippen molar-refractivity contribution >= 4 is 45.9 Å². The van der Waals surface area contributed by atoms with E-state index in [0.717, 1.165) is 11.4 Å². The number of hydrogen-bond donors (Lipinski definition) is 0. The van der Waals surface area contributed by atoms with Crippen molar-refractivity contribution in [2.75, 3.05) is 0 Å². The second-order valence-electron chi connectivity index (χ2n) is 8.02. The molecule has 0 saturated heterocycles.